The molecular formula is C13H16FN3OS. The quantitative estimate of drug-likeness (QED) is 0.936. The minimum Gasteiger partial charge on any atom is -0.494 e. The molecule has 19 heavy (non-hydrogen) atoms. The van der Waals surface area contributed by atoms with Crippen LogP contribution < -0.4 is 10.5 Å². The van der Waals surface area contributed by atoms with Gasteiger partial charge in [0, 0.05) is 0 Å². The molecule has 0 aliphatic heterocycles. The molecule has 2 rings (SSSR count). The topological polar surface area (TPSA) is 61.0 Å². The van der Waals surface area contributed by atoms with Crippen LogP contribution in [0.5, 0.6) is 5.75 Å². The van der Waals surface area contributed by atoms with Gasteiger partial charge in [-0.2, -0.15) is 0 Å². The first-order valence-corrected chi connectivity index (χ1v) is 6.73. The molecule has 102 valence electrons. The number of ether oxygens (including phenoxy) is 1. The van der Waals surface area contributed by atoms with Crippen molar-refractivity contribution in [2.45, 2.75) is 25.8 Å². The third-order valence-electron chi connectivity index (χ3n) is 2.90. The lowest BCUT2D eigenvalue weighted by molar-refractivity contribution is 0.386. The summed E-state index contributed by atoms with van der Waals surface area (Å²) in [4.78, 5) is 0.875. The van der Waals surface area contributed by atoms with Crippen molar-refractivity contribution in [1.29, 1.82) is 0 Å². The van der Waals surface area contributed by atoms with E-state index in [0.717, 1.165) is 10.6 Å². The van der Waals surface area contributed by atoms with E-state index in [-0.39, 0.29) is 11.7 Å². The highest BCUT2D eigenvalue weighted by Crippen LogP contribution is 2.30. The van der Waals surface area contributed by atoms with E-state index in [9.17, 15) is 4.39 Å². The van der Waals surface area contributed by atoms with Crippen LogP contribution in [-0.2, 0) is 0 Å². The standard InChI is InChI=1S/C13H16FN3OS/c1-7(2)12-13(19-17-16-12)11(15)8-4-5-10(18-3)9(14)6-8/h4-7,11H,15H2,1-3H3. The summed E-state index contributed by atoms with van der Waals surface area (Å²) in [5.74, 6) is 0.0318. The molecule has 1 aromatic carbocycles. The average molecular weight is 281 g/mol. The third-order valence-corrected chi connectivity index (χ3v) is 3.73. The van der Waals surface area contributed by atoms with E-state index in [1.165, 1.54) is 24.7 Å². The van der Waals surface area contributed by atoms with Crippen molar-refractivity contribution in [3.8, 4) is 5.75 Å². The zero-order valence-electron chi connectivity index (χ0n) is 11.1. The molecule has 0 spiro atoms. The number of rotatable bonds is 4. The summed E-state index contributed by atoms with van der Waals surface area (Å²) < 4.78 is 22.5. The summed E-state index contributed by atoms with van der Waals surface area (Å²) in [5, 5.41) is 4.09. The molecule has 0 saturated heterocycles. The maximum absolute atomic E-state index is 13.7. The Kier molecular flexibility index (Phi) is 4.11. The van der Waals surface area contributed by atoms with Crippen molar-refractivity contribution in [2.24, 2.45) is 5.73 Å². The van der Waals surface area contributed by atoms with Gasteiger partial charge in [0.1, 0.15) is 0 Å². The van der Waals surface area contributed by atoms with E-state index in [0.29, 0.717) is 5.56 Å². The second kappa shape index (κ2) is 5.63. The van der Waals surface area contributed by atoms with Gasteiger partial charge in [0.05, 0.1) is 23.7 Å². The fourth-order valence-electron chi connectivity index (χ4n) is 1.85. The van der Waals surface area contributed by atoms with Gasteiger partial charge >= 0.3 is 0 Å². The van der Waals surface area contributed by atoms with E-state index in [4.69, 9.17) is 10.5 Å². The third kappa shape index (κ3) is 2.74. The summed E-state index contributed by atoms with van der Waals surface area (Å²) >= 11 is 1.26. The lowest BCUT2D eigenvalue weighted by Gasteiger charge is -2.13. The molecule has 0 radical (unpaired) electrons. The van der Waals surface area contributed by atoms with Gasteiger partial charge in [-0.3, -0.25) is 0 Å². The Balaban J connectivity index is 2.36. The maximum atomic E-state index is 13.7. The number of hydrogen-bond acceptors (Lipinski definition) is 5. The van der Waals surface area contributed by atoms with Crippen molar-refractivity contribution < 1.29 is 9.13 Å². The first kappa shape index (κ1) is 13.9. The van der Waals surface area contributed by atoms with Gasteiger partial charge in [-0.1, -0.05) is 24.4 Å². The zero-order valence-corrected chi connectivity index (χ0v) is 11.9. The number of methoxy groups -OCH3 is 1. The molecule has 0 bridgehead atoms. The first-order valence-electron chi connectivity index (χ1n) is 5.95. The van der Waals surface area contributed by atoms with E-state index in [1.807, 2.05) is 13.8 Å². The lowest BCUT2D eigenvalue weighted by atomic mass is 10.0. The van der Waals surface area contributed by atoms with Gasteiger partial charge < -0.3 is 10.5 Å². The van der Waals surface area contributed by atoms with Gasteiger partial charge in [-0.25, -0.2) is 4.39 Å². The molecule has 0 saturated carbocycles. The summed E-state index contributed by atoms with van der Waals surface area (Å²) in [6.45, 7) is 4.06. The molecular weight excluding hydrogens is 265 g/mol. The van der Waals surface area contributed by atoms with Crippen molar-refractivity contribution in [3.05, 3.63) is 40.2 Å². The Morgan fingerprint density at radius 1 is 1.37 bits per heavy atom. The lowest BCUT2D eigenvalue weighted by Crippen LogP contribution is -2.13. The minimum atomic E-state index is -0.419. The SMILES string of the molecule is COc1ccc(C(N)c2snnc2C(C)C)cc1F. The molecule has 2 N–H and O–H groups in total. The summed E-state index contributed by atoms with van der Waals surface area (Å²) in [7, 11) is 1.43. The van der Waals surface area contributed by atoms with Crippen LogP contribution in [0.1, 0.15) is 41.9 Å². The van der Waals surface area contributed by atoms with Crippen LogP contribution in [0, 0.1) is 5.82 Å². The number of halogens is 1. The van der Waals surface area contributed by atoms with E-state index < -0.39 is 11.9 Å². The van der Waals surface area contributed by atoms with Crippen LogP contribution in [0.15, 0.2) is 18.2 Å². The van der Waals surface area contributed by atoms with Crippen LogP contribution in [0.3, 0.4) is 0 Å². The van der Waals surface area contributed by atoms with Crippen LogP contribution in [0.4, 0.5) is 4.39 Å². The average Bonchev–Trinajstić information content (AvgIpc) is 2.87. The summed E-state index contributed by atoms with van der Waals surface area (Å²) in [6.07, 6.45) is 0. The molecule has 1 atom stereocenters. The summed E-state index contributed by atoms with van der Waals surface area (Å²) in [6, 6.07) is 4.32. The second-order valence-electron chi connectivity index (χ2n) is 4.55. The molecule has 4 nitrogen and oxygen atoms in total. The molecule has 0 aliphatic rings. The molecule has 1 unspecified atom stereocenters. The first-order chi connectivity index (χ1) is 9.04. The largest absolute Gasteiger partial charge is 0.494 e. The van der Waals surface area contributed by atoms with Gasteiger partial charge in [-0.05, 0) is 35.1 Å². The predicted molar refractivity (Wildman–Crippen MR) is 73.0 cm³/mol. The van der Waals surface area contributed by atoms with Crippen molar-refractivity contribution >= 4 is 11.5 Å². The zero-order chi connectivity index (χ0) is 14.0. The van der Waals surface area contributed by atoms with E-state index in [2.05, 4.69) is 9.59 Å². The van der Waals surface area contributed by atoms with E-state index in [1.54, 1.807) is 12.1 Å². The maximum Gasteiger partial charge on any atom is 0.165 e. The molecule has 0 aliphatic carbocycles. The van der Waals surface area contributed by atoms with Crippen LogP contribution in [0.2, 0.25) is 0 Å². The normalized spacial score (nSPS) is 12.7. The fraction of sp³-hybridized carbons (Fsp3) is 0.385. The molecule has 0 amide bonds. The Morgan fingerprint density at radius 3 is 2.68 bits per heavy atom. The molecule has 0 fully saturated rings. The highest BCUT2D eigenvalue weighted by Gasteiger charge is 2.20. The van der Waals surface area contributed by atoms with Gasteiger partial charge in [-0.15, -0.1) is 5.10 Å². The van der Waals surface area contributed by atoms with Crippen molar-refractivity contribution in [1.82, 2.24) is 9.59 Å². The van der Waals surface area contributed by atoms with Crippen LogP contribution >= 0.6 is 11.5 Å². The number of nitrogens with two attached hydrogens (primary N) is 1. The second-order valence-corrected chi connectivity index (χ2v) is 5.33. The molecule has 6 heteroatoms. The predicted octanol–water partition coefficient (Wildman–Crippen LogP) is 2.86. The number of nitrogens with zero attached hydrogens (tertiary/aromatic N) is 2. The minimum absolute atomic E-state index is 0.211. The van der Waals surface area contributed by atoms with Crippen molar-refractivity contribution in [3.63, 3.8) is 0 Å². The Bertz CT molecular complexity index is 571. The van der Waals surface area contributed by atoms with Gasteiger partial charge in [0.25, 0.3) is 0 Å². The van der Waals surface area contributed by atoms with Crippen molar-refractivity contribution in [2.75, 3.05) is 7.11 Å². The van der Waals surface area contributed by atoms with Crippen LogP contribution in [0.25, 0.3) is 0 Å². The summed E-state index contributed by atoms with van der Waals surface area (Å²) in [5.41, 5.74) is 7.74. The smallest absolute Gasteiger partial charge is 0.165 e. The number of benzene rings is 1. The fourth-order valence-corrected chi connectivity index (χ4v) is 2.68. The highest BCUT2D eigenvalue weighted by atomic mass is 32.1. The van der Waals surface area contributed by atoms with Gasteiger partial charge in [0.2, 0.25) is 0 Å². The monoisotopic (exact) mass is 281 g/mol. The highest BCUT2D eigenvalue weighted by molar-refractivity contribution is 7.05. The molecule has 2 aromatic rings. The number of aromatic nitrogens is 2. The van der Waals surface area contributed by atoms with Crippen LogP contribution in [-0.4, -0.2) is 16.7 Å². The van der Waals surface area contributed by atoms with E-state index >= 15 is 0 Å². The molecule has 1 aromatic heterocycles. The number of hydrogen-bond donors (Lipinski definition) is 1. The Hall–Kier alpha value is -1.53. The van der Waals surface area contributed by atoms with Gasteiger partial charge in [0.15, 0.2) is 11.6 Å². The Morgan fingerprint density at radius 2 is 2.11 bits per heavy atom. The Labute approximate surface area is 115 Å². The molecule has 1 heterocycles.